The third-order valence-corrected chi connectivity index (χ3v) is 21.0. The van der Waals surface area contributed by atoms with Gasteiger partial charge >= 0.3 is 0 Å². The summed E-state index contributed by atoms with van der Waals surface area (Å²) in [6, 6.07) is 7.31. The Bertz CT molecular complexity index is 3680. The molecule has 736 valence electrons. The summed E-state index contributed by atoms with van der Waals surface area (Å²) in [5, 5.41) is 24.4. The van der Waals surface area contributed by atoms with Gasteiger partial charge in [-0.1, -0.05) is 0 Å². The van der Waals surface area contributed by atoms with Gasteiger partial charge in [0.15, 0.2) is 0 Å². The number of methoxy groups -OCH3 is 2. The molecule has 4 aromatic rings. The molecule has 128 heavy (non-hydrogen) atoms. The molecule has 0 saturated heterocycles. The number of ether oxygens (including phenoxy) is 28. The summed E-state index contributed by atoms with van der Waals surface area (Å²) >= 11 is 0. The van der Waals surface area contributed by atoms with Gasteiger partial charge in [0, 0.05) is 84.4 Å². The van der Waals surface area contributed by atoms with Gasteiger partial charge in [-0.05, 0) is 48.5 Å². The third kappa shape index (κ3) is 52.9. The molecule has 0 atom stereocenters. The maximum atomic E-state index is 13.1. The molecule has 4 aromatic carbocycles. The van der Waals surface area contributed by atoms with Crippen molar-refractivity contribution in [3.63, 3.8) is 0 Å². The molecular formula is C82H132O42S4. The van der Waals surface area contributed by atoms with Crippen LogP contribution in [0.25, 0.3) is 0 Å². The van der Waals surface area contributed by atoms with Gasteiger partial charge in [-0.25, -0.2) is 0 Å². The van der Waals surface area contributed by atoms with E-state index in [-0.39, 0.29) is 149 Å². The summed E-state index contributed by atoms with van der Waals surface area (Å²) in [5.74, 6) is -1.71. The SMILES string of the molecule is COCCOCCOCCOCCOCCOCCOCCOCCOCCOCCOCCOCCOCCOc1c2cc(S(=O)(=O)O)cc1Cc1cc(S(=O)(=O)O)cc(c1O)Cc1cc(S(=O)(=O)O)cc(c1OCCOCCOCCOCCOCCOCCOCCOCCOCCOCCOCCOCCOCCOC)Cc1cc(S(=O)(=O)O)cc(c1O)C2. The summed E-state index contributed by atoms with van der Waals surface area (Å²) in [7, 11) is -17.4. The largest absolute Gasteiger partial charge is 0.507 e. The molecule has 0 amide bonds. The van der Waals surface area contributed by atoms with E-state index >= 15 is 0 Å². The summed E-state index contributed by atoms with van der Waals surface area (Å²) < 4.78 is 302. The van der Waals surface area contributed by atoms with Crippen molar-refractivity contribution in [2.75, 3.05) is 358 Å². The lowest BCUT2D eigenvalue weighted by Gasteiger charge is -2.22. The maximum absolute atomic E-state index is 13.1. The molecule has 0 heterocycles. The van der Waals surface area contributed by atoms with Gasteiger partial charge in [0.2, 0.25) is 0 Å². The summed E-state index contributed by atoms with van der Waals surface area (Å²) in [4.78, 5) is -3.13. The topological polar surface area (TPSA) is 516 Å². The van der Waals surface area contributed by atoms with Crippen molar-refractivity contribution in [2.24, 2.45) is 0 Å². The Labute approximate surface area is 750 Å². The van der Waals surface area contributed by atoms with Crippen molar-refractivity contribution in [1.29, 1.82) is 0 Å². The molecule has 1 aliphatic rings. The molecule has 42 nitrogen and oxygen atoms in total. The second-order valence-electron chi connectivity index (χ2n) is 27.3. The Morgan fingerprint density at radius 2 is 0.297 bits per heavy atom. The van der Waals surface area contributed by atoms with Crippen molar-refractivity contribution in [3.8, 4) is 23.0 Å². The maximum Gasteiger partial charge on any atom is 0.294 e. The Morgan fingerprint density at radius 1 is 0.188 bits per heavy atom. The lowest BCUT2D eigenvalue weighted by atomic mass is 9.91. The van der Waals surface area contributed by atoms with Crippen LogP contribution in [0.4, 0.5) is 0 Å². The number of phenols is 2. The zero-order chi connectivity index (χ0) is 92.3. The van der Waals surface area contributed by atoms with E-state index in [0.717, 1.165) is 48.5 Å². The van der Waals surface area contributed by atoms with Crippen LogP contribution in [-0.4, -0.2) is 420 Å². The molecule has 0 fully saturated rings. The van der Waals surface area contributed by atoms with E-state index in [9.17, 15) is 62.1 Å². The number of hydrogen-bond acceptors (Lipinski definition) is 38. The fraction of sp³-hybridized carbons (Fsp3) is 0.707. The molecular weight excluding hydrogens is 1790 g/mol. The first-order chi connectivity index (χ1) is 62.0. The average molecular weight is 1920 g/mol. The molecule has 0 aromatic heterocycles. The van der Waals surface area contributed by atoms with Crippen LogP contribution in [0.2, 0.25) is 0 Å². The van der Waals surface area contributed by atoms with Crippen LogP contribution in [0, 0.1) is 0 Å². The minimum Gasteiger partial charge on any atom is -0.507 e. The van der Waals surface area contributed by atoms with Gasteiger partial charge in [-0.2, -0.15) is 33.7 Å². The number of fused-ring (bicyclic) bond motifs is 8. The Hall–Kier alpha value is -5.32. The number of aromatic hydroxyl groups is 2. The van der Waals surface area contributed by atoms with Gasteiger partial charge in [0.1, 0.15) is 36.2 Å². The van der Waals surface area contributed by atoms with Gasteiger partial charge in [-0.15, -0.1) is 0 Å². The third-order valence-electron chi connectivity index (χ3n) is 17.6. The van der Waals surface area contributed by atoms with Crippen molar-refractivity contribution in [2.45, 2.75) is 45.3 Å². The van der Waals surface area contributed by atoms with Crippen LogP contribution in [0.3, 0.4) is 0 Å². The number of phenolic OH excluding ortho intramolecular Hbond substituents is 2. The lowest BCUT2D eigenvalue weighted by molar-refractivity contribution is -0.0289. The summed E-state index contributed by atoms with van der Waals surface area (Å²) in [5.41, 5.74) is -1.91. The van der Waals surface area contributed by atoms with E-state index < -0.39 is 97.2 Å². The predicted molar refractivity (Wildman–Crippen MR) is 454 cm³/mol. The molecule has 8 bridgehead atoms. The average Bonchev–Trinajstić information content (AvgIpc) is 0.762. The Morgan fingerprint density at radius 3 is 0.414 bits per heavy atom. The molecule has 0 unspecified atom stereocenters. The smallest absolute Gasteiger partial charge is 0.294 e. The highest BCUT2D eigenvalue weighted by Gasteiger charge is 2.29. The van der Waals surface area contributed by atoms with Crippen LogP contribution in [0.1, 0.15) is 44.5 Å². The van der Waals surface area contributed by atoms with Crippen LogP contribution in [-0.2, 0) is 189 Å². The van der Waals surface area contributed by atoms with E-state index in [1.165, 1.54) is 0 Å². The highest BCUT2D eigenvalue weighted by atomic mass is 32.2. The lowest BCUT2D eigenvalue weighted by Crippen LogP contribution is -2.16. The van der Waals surface area contributed by atoms with E-state index in [1.807, 2.05) is 0 Å². The quantitative estimate of drug-likeness (QED) is 0.0240. The van der Waals surface area contributed by atoms with Gasteiger partial charge < -0.3 is 143 Å². The summed E-state index contributed by atoms with van der Waals surface area (Å²) in [6.07, 6.45) is -2.60. The molecule has 1 aliphatic carbocycles. The van der Waals surface area contributed by atoms with E-state index in [1.54, 1.807) is 14.2 Å². The Balaban J connectivity index is 1.01. The van der Waals surface area contributed by atoms with Gasteiger partial charge in [-0.3, -0.25) is 18.2 Å². The van der Waals surface area contributed by atoms with E-state index in [0.29, 0.717) is 251 Å². The monoisotopic (exact) mass is 1920 g/mol. The first kappa shape index (κ1) is 113. The Kier molecular flexibility index (Phi) is 62.2. The van der Waals surface area contributed by atoms with Crippen LogP contribution in [0.15, 0.2) is 68.1 Å². The van der Waals surface area contributed by atoms with Crippen molar-refractivity contribution < 1.29 is 195 Å². The van der Waals surface area contributed by atoms with E-state index in [2.05, 4.69) is 0 Å². The second kappa shape index (κ2) is 70.4. The normalized spacial score (nSPS) is 12.7. The number of rotatable bonds is 84. The molecule has 0 radical (unpaired) electrons. The van der Waals surface area contributed by atoms with Crippen molar-refractivity contribution in [3.05, 3.63) is 93.0 Å². The highest BCUT2D eigenvalue weighted by Crippen LogP contribution is 2.42. The number of benzene rings is 4. The van der Waals surface area contributed by atoms with Gasteiger partial charge in [0.05, 0.1) is 350 Å². The molecule has 6 N–H and O–H groups in total. The zero-order valence-electron chi connectivity index (χ0n) is 73.2. The number of hydrogen-bond donors (Lipinski definition) is 6. The molecule has 0 saturated carbocycles. The highest BCUT2D eigenvalue weighted by molar-refractivity contribution is 7.86. The molecule has 46 heteroatoms. The standard InChI is InChI=1S/C82H132O42S4/c1-97-3-5-99-7-9-101-11-13-103-15-17-105-19-21-107-23-25-109-27-29-111-31-33-113-35-37-115-39-41-117-43-45-119-47-49-121-51-53-123-81-71-55-67-59-75(125(85,86)87)61-69(79(67)83)57-73-65-78(128(94,95)96)66-74(58-70-62-76(126(88,89)90)60-68(80(70)84)56-72(81)64-77(63-71)127(91,92)93)82(73)124-54-52-122-50-48-120-46-44-118-42-40-116-38-36-114-34-32-112-30-28-110-26-24-108-22-20-106-18-16-104-14-12-102-10-8-100-6-4-98-2/h59-66,83-84H,3-58H2,1-2H3,(H,85,86,87)(H,88,89,90)(H,91,92,93)(H,94,95,96). The first-order valence-electron chi connectivity index (χ1n) is 42.0. The van der Waals surface area contributed by atoms with E-state index in [4.69, 9.17) is 133 Å². The van der Waals surface area contributed by atoms with Crippen LogP contribution in [0.5, 0.6) is 23.0 Å². The minimum atomic E-state index is -5.16. The molecule has 0 aliphatic heterocycles. The molecule has 0 spiro atoms. The minimum absolute atomic E-state index is 0.0435. The molecule has 5 rings (SSSR count). The van der Waals surface area contributed by atoms with Crippen molar-refractivity contribution in [1.82, 2.24) is 0 Å². The van der Waals surface area contributed by atoms with Crippen LogP contribution >= 0.6 is 0 Å². The van der Waals surface area contributed by atoms with Gasteiger partial charge in [0.25, 0.3) is 40.5 Å². The summed E-state index contributed by atoms with van der Waals surface area (Å²) in [6.45, 7) is 17.4. The van der Waals surface area contributed by atoms with Crippen LogP contribution < -0.4 is 9.47 Å². The fourth-order valence-corrected chi connectivity index (χ4v) is 13.8. The van der Waals surface area contributed by atoms with Crippen molar-refractivity contribution >= 4 is 40.5 Å². The zero-order valence-corrected chi connectivity index (χ0v) is 76.5. The second-order valence-corrected chi connectivity index (χ2v) is 33.0. The fourth-order valence-electron chi connectivity index (χ4n) is 11.5. The first-order valence-corrected chi connectivity index (χ1v) is 47.8. The predicted octanol–water partition coefficient (Wildman–Crippen LogP) is 3.21.